The lowest BCUT2D eigenvalue weighted by atomic mass is 10.4. The van der Waals surface area contributed by atoms with Gasteiger partial charge in [-0.05, 0) is 6.42 Å². The quantitative estimate of drug-likeness (QED) is 0.508. The van der Waals surface area contributed by atoms with Gasteiger partial charge in [0.25, 0.3) is 0 Å². The first-order valence-electron chi connectivity index (χ1n) is 3.68. The van der Waals surface area contributed by atoms with Crippen LogP contribution in [0, 0.1) is 0 Å². The highest BCUT2D eigenvalue weighted by Crippen LogP contribution is 2.11. The lowest BCUT2D eigenvalue weighted by Gasteiger charge is -1.95. The molecule has 1 aromatic rings. The van der Waals surface area contributed by atoms with Gasteiger partial charge in [0.05, 0.1) is 0 Å². The number of hydrogen-bond acceptors (Lipinski definition) is 4. The maximum Gasteiger partial charge on any atom is 0.190 e. The van der Waals surface area contributed by atoms with Crippen LogP contribution >= 0.6 is 11.8 Å². The Labute approximate surface area is 70.7 Å². The SMILES string of the molecule is CCCCSc1ncncn1. The fourth-order valence-corrected chi connectivity index (χ4v) is 1.47. The third kappa shape index (κ3) is 3.32. The van der Waals surface area contributed by atoms with Gasteiger partial charge < -0.3 is 0 Å². The number of aromatic nitrogens is 3. The summed E-state index contributed by atoms with van der Waals surface area (Å²) in [7, 11) is 0. The molecule has 1 rings (SSSR count). The van der Waals surface area contributed by atoms with E-state index in [1.165, 1.54) is 25.5 Å². The molecular formula is C7H11N3S. The monoisotopic (exact) mass is 169 g/mol. The summed E-state index contributed by atoms with van der Waals surface area (Å²) in [5.41, 5.74) is 0. The molecule has 0 saturated heterocycles. The molecular weight excluding hydrogens is 158 g/mol. The Morgan fingerprint density at radius 1 is 1.36 bits per heavy atom. The molecule has 0 N–H and O–H groups in total. The first kappa shape index (κ1) is 8.46. The van der Waals surface area contributed by atoms with Crippen molar-refractivity contribution in [2.45, 2.75) is 24.9 Å². The summed E-state index contributed by atoms with van der Waals surface area (Å²) in [6.07, 6.45) is 5.50. The number of unbranched alkanes of at least 4 members (excludes halogenated alkanes) is 1. The smallest absolute Gasteiger partial charge is 0.190 e. The Morgan fingerprint density at radius 2 is 2.09 bits per heavy atom. The summed E-state index contributed by atoms with van der Waals surface area (Å²) in [5.74, 6) is 1.10. The molecule has 0 aliphatic rings. The van der Waals surface area contributed by atoms with E-state index in [-0.39, 0.29) is 0 Å². The third-order valence-corrected chi connectivity index (χ3v) is 2.16. The van der Waals surface area contributed by atoms with E-state index in [1.807, 2.05) is 0 Å². The van der Waals surface area contributed by atoms with Gasteiger partial charge in [0, 0.05) is 5.75 Å². The van der Waals surface area contributed by atoms with E-state index in [9.17, 15) is 0 Å². The van der Waals surface area contributed by atoms with Crippen molar-refractivity contribution in [1.29, 1.82) is 0 Å². The summed E-state index contributed by atoms with van der Waals surface area (Å²) in [4.78, 5) is 11.7. The second-order valence-corrected chi connectivity index (χ2v) is 3.18. The molecule has 0 atom stereocenters. The van der Waals surface area contributed by atoms with Crippen LogP contribution in [0.2, 0.25) is 0 Å². The Balaban J connectivity index is 2.28. The minimum Gasteiger partial charge on any atom is -0.225 e. The summed E-state index contributed by atoms with van der Waals surface area (Å²) < 4.78 is 0. The molecule has 60 valence electrons. The van der Waals surface area contributed by atoms with Crippen LogP contribution in [0.3, 0.4) is 0 Å². The number of rotatable bonds is 4. The van der Waals surface area contributed by atoms with Crippen LogP contribution in [0.1, 0.15) is 19.8 Å². The lowest BCUT2D eigenvalue weighted by molar-refractivity contribution is 0.875. The average molecular weight is 169 g/mol. The van der Waals surface area contributed by atoms with Gasteiger partial charge in [-0.1, -0.05) is 25.1 Å². The molecule has 0 fully saturated rings. The van der Waals surface area contributed by atoms with Gasteiger partial charge in [-0.15, -0.1) is 0 Å². The third-order valence-electron chi connectivity index (χ3n) is 1.20. The van der Waals surface area contributed by atoms with Gasteiger partial charge in [-0.2, -0.15) is 0 Å². The van der Waals surface area contributed by atoms with E-state index in [1.54, 1.807) is 11.8 Å². The van der Waals surface area contributed by atoms with E-state index >= 15 is 0 Å². The Morgan fingerprint density at radius 3 is 2.73 bits per heavy atom. The van der Waals surface area contributed by atoms with E-state index in [2.05, 4.69) is 21.9 Å². The van der Waals surface area contributed by atoms with Crippen LogP contribution in [0.25, 0.3) is 0 Å². The summed E-state index contributed by atoms with van der Waals surface area (Å²) in [6, 6.07) is 0. The molecule has 3 nitrogen and oxygen atoms in total. The predicted molar refractivity (Wildman–Crippen MR) is 45.5 cm³/mol. The zero-order chi connectivity index (χ0) is 7.94. The molecule has 0 amide bonds. The van der Waals surface area contributed by atoms with Crippen molar-refractivity contribution < 1.29 is 0 Å². The standard InChI is InChI=1S/C7H11N3S/c1-2-3-4-11-7-9-5-8-6-10-7/h5-6H,2-4H2,1H3. The highest BCUT2D eigenvalue weighted by Gasteiger charge is 1.93. The minimum atomic E-state index is 0.827. The number of hydrogen-bond donors (Lipinski definition) is 0. The van der Waals surface area contributed by atoms with Gasteiger partial charge in [-0.3, -0.25) is 0 Å². The predicted octanol–water partition coefficient (Wildman–Crippen LogP) is 1.76. The fourth-order valence-electron chi connectivity index (χ4n) is 0.611. The molecule has 0 aliphatic heterocycles. The Kier molecular flexibility index (Phi) is 3.90. The highest BCUT2D eigenvalue weighted by atomic mass is 32.2. The lowest BCUT2D eigenvalue weighted by Crippen LogP contribution is -1.87. The Hall–Kier alpha value is -0.640. The zero-order valence-corrected chi connectivity index (χ0v) is 7.34. The van der Waals surface area contributed by atoms with Crippen molar-refractivity contribution in [3.8, 4) is 0 Å². The minimum absolute atomic E-state index is 0.827. The molecule has 0 aromatic carbocycles. The topological polar surface area (TPSA) is 38.7 Å². The normalized spacial score (nSPS) is 9.91. The fraction of sp³-hybridized carbons (Fsp3) is 0.571. The number of nitrogens with zero attached hydrogens (tertiary/aromatic N) is 3. The van der Waals surface area contributed by atoms with Crippen LogP contribution in [0.15, 0.2) is 17.8 Å². The van der Waals surface area contributed by atoms with Crippen molar-refractivity contribution in [3.05, 3.63) is 12.7 Å². The van der Waals surface area contributed by atoms with Gasteiger partial charge in [0.1, 0.15) is 12.7 Å². The second kappa shape index (κ2) is 5.07. The van der Waals surface area contributed by atoms with Gasteiger partial charge in [0.15, 0.2) is 5.16 Å². The van der Waals surface area contributed by atoms with Crippen molar-refractivity contribution in [2.24, 2.45) is 0 Å². The first-order valence-corrected chi connectivity index (χ1v) is 4.67. The van der Waals surface area contributed by atoms with Crippen LogP contribution in [-0.2, 0) is 0 Å². The largest absolute Gasteiger partial charge is 0.225 e. The van der Waals surface area contributed by atoms with Gasteiger partial charge in [0.2, 0.25) is 0 Å². The van der Waals surface area contributed by atoms with Crippen molar-refractivity contribution in [3.63, 3.8) is 0 Å². The van der Waals surface area contributed by atoms with Crippen LogP contribution in [0.5, 0.6) is 0 Å². The van der Waals surface area contributed by atoms with E-state index < -0.39 is 0 Å². The Bertz CT molecular complexity index is 190. The maximum atomic E-state index is 3.99. The highest BCUT2D eigenvalue weighted by molar-refractivity contribution is 7.99. The van der Waals surface area contributed by atoms with Crippen LogP contribution < -0.4 is 0 Å². The summed E-state index contributed by atoms with van der Waals surface area (Å²) >= 11 is 1.68. The molecule has 0 aliphatic carbocycles. The van der Waals surface area contributed by atoms with E-state index in [4.69, 9.17) is 0 Å². The van der Waals surface area contributed by atoms with Crippen molar-refractivity contribution in [1.82, 2.24) is 15.0 Å². The van der Waals surface area contributed by atoms with E-state index in [0.717, 1.165) is 10.9 Å². The molecule has 0 radical (unpaired) electrons. The molecule has 1 aromatic heterocycles. The van der Waals surface area contributed by atoms with Crippen LogP contribution in [0.4, 0.5) is 0 Å². The number of thioether (sulfide) groups is 1. The van der Waals surface area contributed by atoms with Crippen LogP contribution in [-0.4, -0.2) is 20.7 Å². The average Bonchev–Trinajstić information content (AvgIpc) is 2.07. The molecule has 0 unspecified atom stereocenters. The second-order valence-electron chi connectivity index (χ2n) is 2.12. The zero-order valence-electron chi connectivity index (χ0n) is 6.53. The molecule has 1 heterocycles. The van der Waals surface area contributed by atoms with Gasteiger partial charge in [-0.25, -0.2) is 15.0 Å². The molecule has 0 bridgehead atoms. The molecule has 0 saturated carbocycles. The van der Waals surface area contributed by atoms with Crippen molar-refractivity contribution in [2.75, 3.05) is 5.75 Å². The van der Waals surface area contributed by atoms with Gasteiger partial charge >= 0.3 is 0 Å². The summed E-state index contributed by atoms with van der Waals surface area (Å²) in [5, 5.41) is 0.827. The summed E-state index contributed by atoms with van der Waals surface area (Å²) in [6.45, 7) is 2.17. The first-order chi connectivity index (χ1) is 5.43. The maximum absolute atomic E-state index is 3.99. The van der Waals surface area contributed by atoms with E-state index in [0.29, 0.717) is 0 Å². The molecule has 4 heteroatoms. The van der Waals surface area contributed by atoms with Crippen molar-refractivity contribution >= 4 is 11.8 Å². The molecule has 0 spiro atoms. The molecule has 11 heavy (non-hydrogen) atoms.